The minimum absolute atomic E-state index is 0.159. The van der Waals surface area contributed by atoms with Gasteiger partial charge in [0.25, 0.3) is 5.69 Å². The third-order valence-corrected chi connectivity index (χ3v) is 3.56. The average Bonchev–Trinajstić information content (AvgIpc) is 2.90. The highest BCUT2D eigenvalue weighted by Gasteiger charge is 2.18. The lowest BCUT2D eigenvalue weighted by molar-refractivity contribution is -0.384. The summed E-state index contributed by atoms with van der Waals surface area (Å²) < 4.78 is 0. The van der Waals surface area contributed by atoms with E-state index < -0.39 is 0 Å². The summed E-state index contributed by atoms with van der Waals surface area (Å²) in [6, 6.07) is 7.47. The van der Waals surface area contributed by atoms with Crippen LogP contribution in [0.1, 0.15) is 12.0 Å². The molecule has 0 spiro atoms. The smallest absolute Gasteiger partial charge is 0.269 e. The van der Waals surface area contributed by atoms with Crippen LogP contribution in [-0.2, 0) is 6.42 Å². The quantitative estimate of drug-likeness (QED) is 0.633. The van der Waals surface area contributed by atoms with Crippen LogP contribution in [-0.4, -0.2) is 42.5 Å². The van der Waals surface area contributed by atoms with E-state index in [1.807, 2.05) is 12.1 Å². The summed E-state index contributed by atoms with van der Waals surface area (Å²) in [6.07, 6.45) is 2.14. The van der Waals surface area contributed by atoms with Crippen LogP contribution in [0.25, 0.3) is 0 Å². The molecule has 0 radical (unpaired) electrons. The van der Waals surface area contributed by atoms with Crippen molar-refractivity contribution in [2.45, 2.75) is 18.9 Å². The van der Waals surface area contributed by atoms with Gasteiger partial charge >= 0.3 is 0 Å². The van der Waals surface area contributed by atoms with Crippen LogP contribution in [0, 0.1) is 10.1 Å². The van der Waals surface area contributed by atoms with Gasteiger partial charge in [-0.15, -0.1) is 0 Å². The van der Waals surface area contributed by atoms with Gasteiger partial charge in [0, 0.05) is 31.3 Å². The van der Waals surface area contributed by atoms with E-state index in [9.17, 15) is 10.1 Å². The number of nitro benzene ring substituents is 1. The summed E-state index contributed by atoms with van der Waals surface area (Å²) in [4.78, 5) is 12.5. The zero-order chi connectivity index (χ0) is 13.0. The van der Waals surface area contributed by atoms with Crippen molar-refractivity contribution in [2.24, 2.45) is 0 Å². The molecule has 1 N–H and O–H groups in total. The van der Waals surface area contributed by atoms with Crippen LogP contribution in [0.2, 0.25) is 0 Å². The number of non-ortho nitro benzene ring substituents is 1. The van der Waals surface area contributed by atoms with E-state index in [2.05, 4.69) is 17.3 Å². The van der Waals surface area contributed by atoms with Crippen molar-refractivity contribution in [1.29, 1.82) is 0 Å². The van der Waals surface area contributed by atoms with Crippen molar-refractivity contribution in [2.75, 3.05) is 26.7 Å². The normalized spacial score (nSPS) is 19.3. The predicted octanol–water partition coefficient (Wildman–Crippen LogP) is 1.43. The number of nitro groups is 1. The molecule has 5 nitrogen and oxygen atoms in total. The van der Waals surface area contributed by atoms with E-state index in [4.69, 9.17) is 0 Å². The van der Waals surface area contributed by atoms with E-state index in [1.165, 1.54) is 6.42 Å². The maximum Gasteiger partial charge on any atom is 0.269 e. The monoisotopic (exact) mass is 249 g/mol. The SMILES string of the molecule is CN(CCc1ccc([N+](=O)[O-])cc1)C1CCNC1. The first kappa shape index (κ1) is 13.0. The van der Waals surface area contributed by atoms with Crippen molar-refractivity contribution >= 4 is 5.69 Å². The molecule has 1 saturated heterocycles. The van der Waals surface area contributed by atoms with Crippen molar-refractivity contribution in [1.82, 2.24) is 10.2 Å². The van der Waals surface area contributed by atoms with Gasteiger partial charge in [-0.2, -0.15) is 0 Å². The lowest BCUT2D eigenvalue weighted by atomic mass is 10.1. The third-order valence-electron chi connectivity index (χ3n) is 3.56. The lowest BCUT2D eigenvalue weighted by Crippen LogP contribution is -2.34. The van der Waals surface area contributed by atoms with Gasteiger partial charge in [-0.25, -0.2) is 0 Å². The Kier molecular flexibility index (Phi) is 4.28. The van der Waals surface area contributed by atoms with Gasteiger partial charge in [0.2, 0.25) is 0 Å². The van der Waals surface area contributed by atoms with Crippen LogP contribution < -0.4 is 5.32 Å². The number of nitrogens with one attached hydrogen (secondary N) is 1. The molecule has 1 aromatic rings. The van der Waals surface area contributed by atoms with Crippen LogP contribution in [0.5, 0.6) is 0 Å². The van der Waals surface area contributed by atoms with Gasteiger partial charge in [0.05, 0.1) is 4.92 Å². The van der Waals surface area contributed by atoms with E-state index in [-0.39, 0.29) is 10.6 Å². The van der Waals surface area contributed by atoms with Crippen LogP contribution in [0.3, 0.4) is 0 Å². The summed E-state index contributed by atoms with van der Waals surface area (Å²) >= 11 is 0. The topological polar surface area (TPSA) is 58.4 Å². The van der Waals surface area contributed by atoms with E-state index in [0.717, 1.165) is 31.6 Å². The number of nitrogens with zero attached hydrogens (tertiary/aromatic N) is 2. The van der Waals surface area contributed by atoms with Gasteiger partial charge in [0.1, 0.15) is 0 Å². The zero-order valence-electron chi connectivity index (χ0n) is 10.6. The van der Waals surface area contributed by atoms with Crippen LogP contribution >= 0.6 is 0 Å². The Morgan fingerprint density at radius 2 is 2.17 bits per heavy atom. The van der Waals surface area contributed by atoms with Crippen molar-refractivity contribution in [3.05, 3.63) is 39.9 Å². The highest BCUT2D eigenvalue weighted by molar-refractivity contribution is 5.32. The standard InChI is InChI=1S/C13H19N3O2/c1-15(13-6-8-14-10-13)9-7-11-2-4-12(5-3-11)16(17)18/h2-5,13-14H,6-10H2,1H3. The lowest BCUT2D eigenvalue weighted by Gasteiger charge is -2.23. The number of benzene rings is 1. The van der Waals surface area contributed by atoms with Crippen LogP contribution in [0.15, 0.2) is 24.3 Å². The van der Waals surface area contributed by atoms with Gasteiger partial charge in [-0.1, -0.05) is 12.1 Å². The molecule has 0 aromatic heterocycles. The van der Waals surface area contributed by atoms with Crippen molar-refractivity contribution in [3.63, 3.8) is 0 Å². The second-order valence-electron chi connectivity index (χ2n) is 4.80. The molecule has 1 aromatic carbocycles. The molecule has 0 aliphatic carbocycles. The Hall–Kier alpha value is -1.46. The molecule has 2 rings (SSSR count). The molecule has 18 heavy (non-hydrogen) atoms. The van der Waals surface area contributed by atoms with Crippen LogP contribution in [0.4, 0.5) is 5.69 Å². The Labute approximate surface area is 107 Å². The molecule has 1 atom stereocenters. The first-order chi connectivity index (χ1) is 8.66. The maximum absolute atomic E-state index is 10.5. The Balaban J connectivity index is 1.84. The first-order valence-corrected chi connectivity index (χ1v) is 6.31. The fourth-order valence-corrected chi connectivity index (χ4v) is 2.29. The molecule has 98 valence electrons. The summed E-state index contributed by atoms with van der Waals surface area (Å²) in [5.41, 5.74) is 1.31. The van der Waals surface area contributed by atoms with E-state index >= 15 is 0 Å². The average molecular weight is 249 g/mol. The summed E-state index contributed by atoms with van der Waals surface area (Å²) in [7, 11) is 2.14. The van der Waals surface area contributed by atoms with E-state index in [0.29, 0.717) is 6.04 Å². The minimum Gasteiger partial charge on any atom is -0.315 e. The third kappa shape index (κ3) is 3.27. The number of likely N-dealkylation sites (N-methyl/N-ethyl adjacent to an activating group) is 1. The fraction of sp³-hybridized carbons (Fsp3) is 0.538. The molecule has 0 amide bonds. The summed E-state index contributed by atoms with van der Waals surface area (Å²) in [5.74, 6) is 0. The molecule has 0 saturated carbocycles. The largest absolute Gasteiger partial charge is 0.315 e. The van der Waals surface area contributed by atoms with Gasteiger partial charge < -0.3 is 10.2 Å². The minimum atomic E-state index is -0.361. The zero-order valence-corrected chi connectivity index (χ0v) is 10.6. The molecule has 1 heterocycles. The van der Waals surface area contributed by atoms with Crippen molar-refractivity contribution in [3.8, 4) is 0 Å². The molecule has 0 bridgehead atoms. The van der Waals surface area contributed by atoms with E-state index in [1.54, 1.807) is 12.1 Å². The Bertz CT molecular complexity index is 399. The highest BCUT2D eigenvalue weighted by Crippen LogP contribution is 2.13. The molecular weight excluding hydrogens is 230 g/mol. The number of hydrogen-bond acceptors (Lipinski definition) is 4. The molecule has 1 unspecified atom stereocenters. The second kappa shape index (κ2) is 5.93. The molecular formula is C13H19N3O2. The first-order valence-electron chi connectivity index (χ1n) is 6.31. The molecule has 1 fully saturated rings. The number of rotatable bonds is 5. The van der Waals surface area contributed by atoms with Crippen molar-refractivity contribution < 1.29 is 4.92 Å². The van der Waals surface area contributed by atoms with Gasteiger partial charge in [-0.3, -0.25) is 10.1 Å². The molecule has 1 aliphatic heterocycles. The predicted molar refractivity (Wildman–Crippen MR) is 70.7 cm³/mol. The fourth-order valence-electron chi connectivity index (χ4n) is 2.29. The highest BCUT2D eigenvalue weighted by atomic mass is 16.6. The second-order valence-corrected chi connectivity index (χ2v) is 4.80. The number of hydrogen-bond donors (Lipinski definition) is 1. The molecule has 5 heteroatoms. The van der Waals surface area contributed by atoms with Gasteiger partial charge in [-0.05, 0) is 32.0 Å². The maximum atomic E-state index is 10.5. The summed E-state index contributed by atoms with van der Waals surface area (Å²) in [6.45, 7) is 3.16. The van der Waals surface area contributed by atoms with Gasteiger partial charge in [0.15, 0.2) is 0 Å². The molecule has 1 aliphatic rings. The Morgan fingerprint density at radius 3 is 2.72 bits per heavy atom. The Morgan fingerprint density at radius 1 is 1.44 bits per heavy atom. The summed E-state index contributed by atoms with van der Waals surface area (Å²) in [5, 5.41) is 13.9.